The van der Waals surface area contributed by atoms with Crippen LogP contribution in [0.2, 0.25) is 0 Å². The monoisotopic (exact) mass is 287 g/mol. The van der Waals surface area contributed by atoms with Gasteiger partial charge in [0.2, 0.25) is 0 Å². The summed E-state index contributed by atoms with van der Waals surface area (Å²) >= 11 is 1.06. The van der Waals surface area contributed by atoms with Gasteiger partial charge in [0.05, 0.1) is 6.42 Å². The van der Waals surface area contributed by atoms with E-state index in [-0.39, 0.29) is 30.3 Å². The van der Waals surface area contributed by atoms with Gasteiger partial charge in [-0.3, -0.25) is 14.4 Å². The molecule has 7 heteroatoms. The lowest BCUT2D eigenvalue weighted by Gasteiger charge is -2.12. The molecular weight excluding hydrogens is 270 g/mol. The Hall–Kier alpha value is -1.37. The molecule has 0 aromatic heterocycles. The lowest BCUT2D eigenvalue weighted by Crippen LogP contribution is -2.32. The molecule has 106 valence electrons. The maximum Gasteiger partial charge on any atom is 0.334 e. The number of carbonyl (C=O) groups is 4. The summed E-state index contributed by atoms with van der Waals surface area (Å²) in [7, 11) is 0. The molecule has 1 rings (SSSR count). The van der Waals surface area contributed by atoms with E-state index in [1.54, 1.807) is 0 Å². The highest BCUT2D eigenvalue weighted by Crippen LogP contribution is 2.15. The van der Waals surface area contributed by atoms with Crippen molar-refractivity contribution < 1.29 is 24.0 Å². The van der Waals surface area contributed by atoms with Gasteiger partial charge in [0.15, 0.2) is 5.12 Å². The van der Waals surface area contributed by atoms with Crippen LogP contribution in [0, 0.1) is 5.92 Å². The standard InChI is InChI=1S/C12H17NO5S/c1-8(2)7-12(17)19-6-5-11(16)18-13-9(14)3-4-10(13)15/h8H,3-7H2,1-2H3. The summed E-state index contributed by atoms with van der Waals surface area (Å²) in [5.41, 5.74) is 0. The summed E-state index contributed by atoms with van der Waals surface area (Å²) in [5.74, 6) is -1.09. The number of hydroxylamine groups is 2. The summed E-state index contributed by atoms with van der Waals surface area (Å²) in [5, 5.41) is 0.541. The topological polar surface area (TPSA) is 80.8 Å². The van der Waals surface area contributed by atoms with Crippen molar-refractivity contribution in [3.8, 4) is 0 Å². The maximum atomic E-state index is 11.4. The molecule has 19 heavy (non-hydrogen) atoms. The molecule has 6 nitrogen and oxygen atoms in total. The zero-order valence-corrected chi connectivity index (χ0v) is 11.8. The van der Waals surface area contributed by atoms with E-state index in [2.05, 4.69) is 4.84 Å². The van der Waals surface area contributed by atoms with Crippen molar-refractivity contribution in [3.05, 3.63) is 0 Å². The summed E-state index contributed by atoms with van der Waals surface area (Å²) in [4.78, 5) is 49.8. The molecule has 1 fully saturated rings. The van der Waals surface area contributed by atoms with Gasteiger partial charge in [-0.2, -0.15) is 0 Å². The van der Waals surface area contributed by atoms with E-state index >= 15 is 0 Å². The van der Waals surface area contributed by atoms with Crippen LogP contribution in [0.4, 0.5) is 0 Å². The fraction of sp³-hybridized carbons (Fsp3) is 0.667. The van der Waals surface area contributed by atoms with Gasteiger partial charge in [-0.05, 0) is 5.92 Å². The van der Waals surface area contributed by atoms with E-state index in [1.807, 2.05) is 13.8 Å². The Bertz CT molecular complexity index is 378. The maximum absolute atomic E-state index is 11.4. The molecule has 0 saturated carbocycles. The van der Waals surface area contributed by atoms with Gasteiger partial charge in [0.1, 0.15) is 0 Å². The molecule has 0 aromatic carbocycles. The van der Waals surface area contributed by atoms with E-state index < -0.39 is 17.8 Å². The number of thioether (sulfide) groups is 1. The second-order valence-electron chi connectivity index (χ2n) is 4.61. The van der Waals surface area contributed by atoms with E-state index in [4.69, 9.17) is 0 Å². The first-order chi connectivity index (χ1) is 8.90. The molecule has 1 heterocycles. The molecule has 0 N–H and O–H groups in total. The number of rotatable bonds is 6. The Kier molecular flexibility index (Phi) is 6.01. The van der Waals surface area contributed by atoms with E-state index in [1.165, 1.54) is 0 Å². The van der Waals surface area contributed by atoms with Crippen molar-refractivity contribution in [1.82, 2.24) is 5.06 Å². The van der Waals surface area contributed by atoms with Crippen molar-refractivity contribution in [2.24, 2.45) is 5.92 Å². The minimum atomic E-state index is -0.673. The zero-order valence-electron chi connectivity index (χ0n) is 11.0. The second kappa shape index (κ2) is 7.28. The average molecular weight is 287 g/mol. The van der Waals surface area contributed by atoms with Gasteiger partial charge in [0.25, 0.3) is 11.8 Å². The number of hydrogen-bond acceptors (Lipinski definition) is 6. The number of imide groups is 1. The van der Waals surface area contributed by atoms with Crippen molar-refractivity contribution in [1.29, 1.82) is 0 Å². The molecule has 0 radical (unpaired) electrons. The van der Waals surface area contributed by atoms with E-state index in [9.17, 15) is 19.2 Å². The third-order valence-corrected chi connectivity index (χ3v) is 3.24. The van der Waals surface area contributed by atoms with Gasteiger partial charge in [-0.25, -0.2) is 4.79 Å². The van der Waals surface area contributed by atoms with Gasteiger partial charge in [-0.1, -0.05) is 25.6 Å². The highest BCUT2D eigenvalue weighted by atomic mass is 32.2. The van der Waals surface area contributed by atoms with Crippen LogP contribution in [-0.2, 0) is 24.0 Å². The number of hydrogen-bond donors (Lipinski definition) is 0. The minimum absolute atomic E-state index is 0.00837. The van der Waals surface area contributed by atoms with E-state index in [0.717, 1.165) is 11.8 Å². The van der Waals surface area contributed by atoms with Gasteiger partial charge in [-0.15, -0.1) is 5.06 Å². The van der Waals surface area contributed by atoms with Crippen molar-refractivity contribution in [2.75, 3.05) is 5.75 Å². The summed E-state index contributed by atoms with van der Waals surface area (Å²) in [6.07, 6.45) is 0.607. The molecular formula is C12H17NO5S. The van der Waals surface area contributed by atoms with Crippen molar-refractivity contribution in [2.45, 2.75) is 39.5 Å². The van der Waals surface area contributed by atoms with Crippen LogP contribution in [0.3, 0.4) is 0 Å². The fourth-order valence-electron chi connectivity index (χ4n) is 1.45. The van der Waals surface area contributed by atoms with Crippen LogP contribution in [0.25, 0.3) is 0 Å². The third kappa shape index (κ3) is 5.42. The van der Waals surface area contributed by atoms with Gasteiger partial charge < -0.3 is 4.84 Å². The lowest BCUT2D eigenvalue weighted by atomic mass is 10.2. The predicted molar refractivity (Wildman–Crippen MR) is 68.7 cm³/mol. The minimum Gasteiger partial charge on any atom is -0.330 e. The Morgan fingerprint density at radius 2 is 1.84 bits per heavy atom. The second-order valence-corrected chi connectivity index (χ2v) is 5.77. The zero-order chi connectivity index (χ0) is 14.4. The number of carbonyl (C=O) groups excluding carboxylic acids is 4. The largest absolute Gasteiger partial charge is 0.334 e. The first kappa shape index (κ1) is 15.7. The molecule has 2 amide bonds. The summed E-state index contributed by atoms with van der Waals surface area (Å²) in [6, 6.07) is 0. The quantitative estimate of drug-likeness (QED) is 0.685. The molecule has 0 bridgehead atoms. The highest BCUT2D eigenvalue weighted by molar-refractivity contribution is 8.13. The fourth-order valence-corrected chi connectivity index (χ4v) is 2.39. The molecule has 0 unspecified atom stereocenters. The van der Waals surface area contributed by atoms with Crippen molar-refractivity contribution in [3.63, 3.8) is 0 Å². The third-order valence-electron chi connectivity index (χ3n) is 2.34. The molecule has 0 aliphatic carbocycles. The van der Waals surface area contributed by atoms with Crippen LogP contribution in [0.5, 0.6) is 0 Å². The normalized spacial score (nSPS) is 15.2. The SMILES string of the molecule is CC(C)CC(=O)SCCC(=O)ON1C(=O)CCC1=O. The molecule has 1 aliphatic rings. The first-order valence-electron chi connectivity index (χ1n) is 6.12. The van der Waals surface area contributed by atoms with Crippen LogP contribution in [0.1, 0.15) is 39.5 Å². The average Bonchev–Trinajstić information content (AvgIpc) is 2.59. The van der Waals surface area contributed by atoms with Crippen LogP contribution in [0.15, 0.2) is 0 Å². The van der Waals surface area contributed by atoms with Crippen molar-refractivity contribution >= 4 is 34.7 Å². The highest BCUT2D eigenvalue weighted by Gasteiger charge is 2.32. The number of amides is 2. The number of nitrogens with zero attached hydrogens (tertiary/aromatic N) is 1. The summed E-state index contributed by atoms with van der Waals surface area (Å²) < 4.78 is 0. The van der Waals surface area contributed by atoms with Crippen LogP contribution < -0.4 is 0 Å². The molecule has 1 aliphatic heterocycles. The van der Waals surface area contributed by atoms with Crippen LogP contribution in [-0.4, -0.2) is 33.7 Å². The molecule has 1 saturated heterocycles. The van der Waals surface area contributed by atoms with Gasteiger partial charge in [0, 0.05) is 25.0 Å². The Morgan fingerprint density at radius 3 is 2.37 bits per heavy atom. The molecule has 0 atom stereocenters. The smallest absolute Gasteiger partial charge is 0.330 e. The molecule has 0 aromatic rings. The summed E-state index contributed by atoms with van der Waals surface area (Å²) in [6.45, 7) is 3.88. The Balaban J connectivity index is 2.23. The Morgan fingerprint density at radius 1 is 1.26 bits per heavy atom. The van der Waals surface area contributed by atoms with E-state index in [0.29, 0.717) is 17.2 Å². The lowest BCUT2D eigenvalue weighted by molar-refractivity contribution is -0.197. The molecule has 0 spiro atoms. The predicted octanol–water partition coefficient (Wildman–Crippen LogP) is 1.29. The van der Waals surface area contributed by atoms with Gasteiger partial charge >= 0.3 is 5.97 Å². The first-order valence-corrected chi connectivity index (χ1v) is 7.11. The Labute approximate surface area is 115 Å². The van der Waals surface area contributed by atoms with Crippen LogP contribution >= 0.6 is 11.8 Å².